The Hall–Kier alpha value is -11.2. The van der Waals surface area contributed by atoms with Crippen molar-refractivity contribution in [3.05, 3.63) is 199 Å². The molecule has 0 spiro atoms. The Morgan fingerprint density at radius 1 is 0.381 bits per heavy atom. The number of carbonyl (C=O) groups is 2. The van der Waals surface area contributed by atoms with E-state index in [4.69, 9.17) is 48.0 Å². The van der Waals surface area contributed by atoms with Gasteiger partial charge in [0.15, 0.2) is 0 Å². The summed E-state index contributed by atoms with van der Waals surface area (Å²) in [6, 6.07) is 43.8. The highest BCUT2D eigenvalue weighted by atomic mass is 16.4. The van der Waals surface area contributed by atoms with Crippen LogP contribution in [0.4, 0.5) is 35.7 Å². The molecule has 0 bridgehead atoms. The molecule has 3 aliphatic heterocycles. The number of furan rings is 3. The van der Waals surface area contributed by atoms with E-state index in [-0.39, 0.29) is 0 Å². The van der Waals surface area contributed by atoms with Crippen molar-refractivity contribution in [1.29, 1.82) is 0 Å². The number of likely N-dealkylation sites (tertiary alicyclic amines) is 3. The van der Waals surface area contributed by atoms with Crippen molar-refractivity contribution in [3.8, 4) is 0 Å². The number of nitrogens with zero attached hydrogens (tertiary/aromatic N) is 15. The van der Waals surface area contributed by atoms with Crippen LogP contribution in [0.1, 0.15) is 92.3 Å². The van der Waals surface area contributed by atoms with E-state index in [9.17, 15) is 0 Å². The molecule has 8 N–H and O–H groups in total. The zero-order valence-electron chi connectivity index (χ0n) is 59.9. The maximum atomic E-state index is 9.10. The number of carboxylic acids is 2. The fourth-order valence-electron chi connectivity index (χ4n) is 13.5. The second-order valence-corrected chi connectivity index (χ2v) is 26.5. The van der Waals surface area contributed by atoms with Crippen molar-refractivity contribution in [2.24, 2.45) is 0 Å². The van der Waals surface area contributed by atoms with Crippen LogP contribution in [0.25, 0.3) is 33.1 Å². The smallest absolute Gasteiger partial charge is 0.414 e. The third-order valence-corrected chi connectivity index (χ3v) is 18.8. The van der Waals surface area contributed by atoms with Crippen LogP contribution in [0.3, 0.4) is 0 Å². The first-order valence-electron chi connectivity index (χ1n) is 36.3. The van der Waals surface area contributed by atoms with Crippen molar-refractivity contribution in [1.82, 2.24) is 73.3 Å². The lowest BCUT2D eigenvalue weighted by atomic mass is 10.1. The molecule has 0 saturated carbocycles. The van der Waals surface area contributed by atoms with Gasteiger partial charge in [0.05, 0.1) is 52.7 Å². The summed E-state index contributed by atoms with van der Waals surface area (Å²) >= 11 is 0. The van der Waals surface area contributed by atoms with E-state index in [1.165, 1.54) is 0 Å². The minimum absolute atomic E-state index is 0.398. The third-order valence-electron chi connectivity index (χ3n) is 18.8. The standard InChI is InChI=1S/3C25H31N7O.C2H2O4/c3*1-19-9-10-21(33-19)18-32-23-8-3-2-7-22(23)30-25(32)29-20-6-4-15-31(16-11-20)17-14-28-24-26-12-5-13-27-24;3-1(4)2(5)6/h3*2-3,5,7-10,12-13,20H,4,6,11,14-18H2,1H3,(H,29,30)(H,26,27,28);(H,3,4)(H,5,6). The number of aryl methyl sites for hydroxylation is 3. The number of hydrogen-bond acceptors (Lipinski definition) is 23. The van der Waals surface area contributed by atoms with E-state index in [1.54, 1.807) is 37.2 Å². The molecular formula is C77H95N21O7. The Morgan fingerprint density at radius 2 is 0.667 bits per heavy atom. The summed E-state index contributed by atoms with van der Waals surface area (Å²) in [6.07, 6.45) is 20.7. The van der Waals surface area contributed by atoms with Gasteiger partial charge in [0.2, 0.25) is 35.7 Å². The first-order valence-corrected chi connectivity index (χ1v) is 36.3. The lowest BCUT2D eigenvalue weighted by molar-refractivity contribution is -0.159. The number of aromatic nitrogens is 12. The van der Waals surface area contributed by atoms with E-state index in [0.717, 1.165) is 222 Å². The molecule has 12 heterocycles. The van der Waals surface area contributed by atoms with Crippen LogP contribution in [-0.2, 0) is 29.2 Å². The summed E-state index contributed by atoms with van der Waals surface area (Å²) in [4.78, 5) is 65.9. The molecule has 28 nitrogen and oxygen atoms in total. The van der Waals surface area contributed by atoms with Crippen molar-refractivity contribution in [3.63, 3.8) is 0 Å². The highest BCUT2D eigenvalue weighted by Gasteiger charge is 2.25. The average Bonchev–Trinajstić information content (AvgIpc) is 1.66. The van der Waals surface area contributed by atoms with Crippen molar-refractivity contribution in [2.75, 3.05) is 110 Å². The van der Waals surface area contributed by atoms with E-state index >= 15 is 0 Å². The SMILES string of the molecule is Cc1ccc(Cn2c(NC3CCCN(CCNc4ncccn4)CC3)nc3ccccc32)o1.Cc1ccc(Cn2c(NC3CCCN(CCNc4ncccn4)CC3)nc3ccccc32)o1.Cc1ccc(Cn2c(NC3CCCN(CCNc4ncccn4)CC3)nc3ccccc32)o1.O=C(O)C(=O)O. The van der Waals surface area contributed by atoms with Crippen LogP contribution < -0.4 is 31.9 Å². The summed E-state index contributed by atoms with van der Waals surface area (Å²) in [5.41, 5.74) is 6.39. The number of para-hydroxylation sites is 6. The Morgan fingerprint density at radius 3 is 0.933 bits per heavy atom. The molecule has 15 rings (SSSR count). The molecular weight excluding hydrogens is 1330 g/mol. The molecule has 105 heavy (non-hydrogen) atoms. The number of imidazole rings is 3. The van der Waals surface area contributed by atoms with Crippen LogP contribution in [0.15, 0.2) is 178 Å². The van der Waals surface area contributed by atoms with Gasteiger partial charge in [-0.1, -0.05) is 36.4 Å². The average molecular weight is 1430 g/mol. The van der Waals surface area contributed by atoms with Gasteiger partial charge in [-0.15, -0.1) is 0 Å². The molecule has 3 aromatic carbocycles. The molecule has 3 saturated heterocycles. The number of fused-ring (bicyclic) bond motifs is 3. The minimum atomic E-state index is -1.82. The zero-order chi connectivity index (χ0) is 72.5. The molecule has 0 amide bonds. The molecule has 3 aliphatic rings. The van der Waals surface area contributed by atoms with E-state index in [1.807, 2.05) is 93.6 Å². The van der Waals surface area contributed by atoms with Crippen LogP contribution in [-0.4, -0.2) is 192 Å². The van der Waals surface area contributed by atoms with Gasteiger partial charge in [-0.25, -0.2) is 54.4 Å². The number of benzene rings is 3. The summed E-state index contributed by atoms with van der Waals surface area (Å²) in [5.74, 6) is 6.83. The lowest BCUT2D eigenvalue weighted by Crippen LogP contribution is -2.31. The van der Waals surface area contributed by atoms with Gasteiger partial charge < -0.3 is 83.8 Å². The van der Waals surface area contributed by atoms with Crippen LogP contribution >= 0.6 is 0 Å². The van der Waals surface area contributed by atoms with Gasteiger partial charge in [-0.3, -0.25) is 0 Å². The fraction of sp³-hybridized carbons (Fsp3) is 0.390. The first kappa shape index (κ1) is 73.5. The lowest BCUT2D eigenvalue weighted by Gasteiger charge is -2.21. The third kappa shape index (κ3) is 21.7. The number of rotatable bonds is 24. The van der Waals surface area contributed by atoms with Gasteiger partial charge in [0.25, 0.3) is 0 Å². The van der Waals surface area contributed by atoms with Crippen molar-refractivity contribution >= 4 is 80.7 Å². The zero-order valence-corrected chi connectivity index (χ0v) is 59.9. The number of anilines is 6. The highest BCUT2D eigenvalue weighted by Crippen LogP contribution is 2.29. The quantitative estimate of drug-likeness (QED) is 0.0261. The topological polar surface area (TPSA) is 327 Å². The molecule has 0 radical (unpaired) electrons. The van der Waals surface area contributed by atoms with E-state index in [0.29, 0.717) is 55.6 Å². The van der Waals surface area contributed by atoms with Gasteiger partial charge in [0, 0.05) is 114 Å². The Balaban J connectivity index is 0.000000142. The number of carboxylic acid groups (broad SMARTS) is 2. The first-order chi connectivity index (χ1) is 51.4. The summed E-state index contributed by atoms with van der Waals surface area (Å²) in [6.45, 7) is 20.0. The van der Waals surface area contributed by atoms with Crippen LogP contribution in [0.5, 0.6) is 0 Å². The second-order valence-electron chi connectivity index (χ2n) is 26.5. The molecule has 550 valence electrons. The molecule has 3 unspecified atom stereocenters. The van der Waals surface area contributed by atoms with Crippen LogP contribution in [0, 0.1) is 20.8 Å². The predicted octanol–water partition coefficient (Wildman–Crippen LogP) is 11.6. The maximum Gasteiger partial charge on any atom is 0.414 e. The van der Waals surface area contributed by atoms with Gasteiger partial charge in [0.1, 0.15) is 34.6 Å². The Labute approximate surface area is 610 Å². The van der Waals surface area contributed by atoms with Crippen molar-refractivity contribution in [2.45, 2.75) is 116 Å². The maximum absolute atomic E-state index is 9.10. The predicted molar refractivity (Wildman–Crippen MR) is 407 cm³/mol. The Bertz CT molecular complexity index is 4180. The Kier molecular flexibility index (Phi) is 26.1. The normalized spacial score (nSPS) is 16.6. The number of nitrogens with one attached hydrogen (secondary N) is 6. The second kappa shape index (κ2) is 37.3. The monoisotopic (exact) mass is 1430 g/mol. The van der Waals surface area contributed by atoms with E-state index in [2.05, 4.69) is 145 Å². The summed E-state index contributed by atoms with van der Waals surface area (Å²) in [5, 5.41) is 36.0. The van der Waals surface area contributed by atoms with Gasteiger partial charge in [-0.05, 0) is 189 Å². The van der Waals surface area contributed by atoms with E-state index < -0.39 is 11.9 Å². The minimum Gasteiger partial charge on any atom is -0.473 e. The molecule has 3 fully saturated rings. The fourth-order valence-corrected chi connectivity index (χ4v) is 13.5. The largest absolute Gasteiger partial charge is 0.473 e. The molecule has 28 heteroatoms. The van der Waals surface area contributed by atoms with Crippen molar-refractivity contribution < 1.29 is 33.1 Å². The molecule has 0 aliphatic carbocycles. The summed E-state index contributed by atoms with van der Waals surface area (Å²) < 4.78 is 24.3. The molecule has 3 atom stereocenters. The highest BCUT2D eigenvalue weighted by molar-refractivity contribution is 6.27. The molecule has 12 aromatic rings. The van der Waals surface area contributed by atoms with Gasteiger partial charge >= 0.3 is 11.9 Å². The van der Waals surface area contributed by atoms with Gasteiger partial charge in [-0.2, -0.15) is 0 Å². The number of hydrogen-bond donors (Lipinski definition) is 8. The molecule has 9 aromatic heterocycles. The number of aliphatic carboxylic acids is 2. The summed E-state index contributed by atoms with van der Waals surface area (Å²) in [7, 11) is 0. The van der Waals surface area contributed by atoms with Crippen LogP contribution in [0.2, 0.25) is 0 Å².